The molecule has 3 N–H and O–H groups in total. The summed E-state index contributed by atoms with van der Waals surface area (Å²) in [5.74, 6) is -0.330. The first kappa shape index (κ1) is 49.5. The number of nitrogens with two attached hydrogens (primary N) is 1. The van der Waals surface area contributed by atoms with Crippen molar-refractivity contribution in [2.45, 2.75) is 225 Å². The van der Waals surface area contributed by atoms with Crippen LogP contribution in [0.3, 0.4) is 0 Å². The molecule has 8 nitrogen and oxygen atoms in total. The van der Waals surface area contributed by atoms with Gasteiger partial charge in [-0.25, -0.2) is 4.57 Å². The summed E-state index contributed by atoms with van der Waals surface area (Å²) >= 11 is 0. The van der Waals surface area contributed by atoms with Crippen molar-refractivity contribution in [1.29, 1.82) is 0 Å². The minimum atomic E-state index is -4.26. The first-order valence-electron chi connectivity index (χ1n) is 21.5. The summed E-state index contributed by atoms with van der Waals surface area (Å²) in [7, 11) is -4.26. The molecule has 0 aromatic carbocycles. The molecule has 0 amide bonds. The maximum Gasteiger partial charge on any atom is 0.472 e. The highest BCUT2D eigenvalue weighted by Gasteiger charge is 2.25. The van der Waals surface area contributed by atoms with Crippen LogP contribution >= 0.6 is 7.82 Å². The second-order valence-electron chi connectivity index (χ2n) is 14.6. The van der Waals surface area contributed by atoms with E-state index in [4.69, 9.17) is 24.3 Å². The van der Waals surface area contributed by atoms with E-state index in [0.717, 1.165) is 32.1 Å². The minimum Gasteiger partial charge on any atom is -0.457 e. The van der Waals surface area contributed by atoms with Crippen LogP contribution in [0, 0.1) is 0 Å². The molecule has 0 saturated heterocycles. The molecule has 0 radical (unpaired) electrons. The Morgan fingerprint density at radius 3 is 1.26 bits per heavy atom. The van der Waals surface area contributed by atoms with E-state index in [2.05, 4.69) is 13.8 Å². The number of carbonyl (C=O) groups is 1. The lowest BCUT2D eigenvalue weighted by atomic mass is 10.0. The van der Waals surface area contributed by atoms with Gasteiger partial charge in [0.1, 0.15) is 6.10 Å². The van der Waals surface area contributed by atoms with Crippen LogP contribution in [0.15, 0.2) is 0 Å². The predicted octanol–water partition coefficient (Wildman–Crippen LogP) is 12.5. The molecule has 2 atom stereocenters. The molecule has 0 aromatic heterocycles. The van der Waals surface area contributed by atoms with E-state index in [1.54, 1.807) is 0 Å². The van der Waals surface area contributed by atoms with Gasteiger partial charge in [-0.1, -0.05) is 200 Å². The van der Waals surface area contributed by atoms with Crippen molar-refractivity contribution in [2.24, 2.45) is 5.73 Å². The Kier molecular flexibility index (Phi) is 39.3. The van der Waals surface area contributed by atoms with Crippen molar-refractivity contribution in [2.75, 3.05) is 33.0 Å². The fourth-order valence-electron chi connectivity index (χ4n) is 6.35. The summed E-state index contributed by atoms with van der Waals surface area (Å²) in [5, 5.41) is 0. The van der Waals surface area contributed by atoms with Gasteiger partial charge in [0.05, 0.1) is 19.8 Å². The molecule has 300 valence electrons. The quantitative estimate of drug-likeness (QED) is 0.0362. The highest BCUT2D eigenvalue weighted by Crippen LogP contribution is 2.43. The topological polar surface area (TPSA) is 117 Å². The largest absolute Gasteiger partial charge is 0.472 e. The van der Waals surface area contributed by atoms with Crippen molar-refractivity contribution >= 4 is 13.8 Å². The molecule has 0 spiro atoms. The zero-order valence-electron chi connectivity index (χ0n) is 33.2. The Morgan fingerprint density at radius 1 is 0.520 bits per heavy atom. The average Bonchev–Trinajstić information content (AvgIpc) is 3.10. The second-order valence-corrected chi connectivity index (χ2v) is 16.0. The third-order valence-corrected chi connectivity index (χ3v) is 10.5. The number of hydrogen-bond donors (Lipinski definition) is 2. The van der Waals surface area contributed by atoms with Crippen molar-refractivity contribution in [3.8, 4) is 0 Å². The zero-order valence-corrected chi connectivity index (χ0v) is 34.1. The minimum absolute atomic E-state index is 0.0906. The van der Waals surface area contributed by atoms with Crippen LogP contribution in [0.2, 0.25) is 0 Å². The van der Waals surface area contributed by atoms with Crippen LogP contribution in [-0.4, -0.2) is 49.9 Å². The van der Waals surface area contributed by atoms with E-state index in [0.29, 0.717) is 13.0 Å². The van der Waals surface area contributed by atoms with Crippen LogP contribution in [0.25, 0.3) is 0 Å². The molecule has 0 bridgehead atoms. The maximum atomic E-state index is 12.5. The van der Waals surface area contributed by atoms with Crippen molar-refractivity contribution < 1.29 is 32.8 Å². The summed E-state index contributed by atoms with van der Waals surface area (Å²) < 4.78 is 33.3. The van der Waals surface area contributed by atoms with Crippen LogP contribution in [0.5, 0.6) is 0 Å². The van der Waals surface area contributed by atoms with Gasteiger partial charge >= 0.3 is 13.8 Å². The normalized spacial score (nSPS) is 13.4. The molecule has 9 heteroatoms. The highest BCUT2D eigenvalue weighted by molar-refractivity contribution is 7.47. The molecule has 2 unspecified atom stereocenters. The molecule has 0 aliphatic carbocycles. The number of ether oxygens (including phenoxy) is 2. The second kappa shape index (κ2) is 39.7. The third kappa shape index (κ3) is 38.7. The van der Waals surface area contributed by atoms with Gasteiger partial charge in [0.25, 0.3) is 0 Å². The fraction of sp³-hybridized carbons (Fsp3) is 0.976. The first-order chi connectivity index (χ1) is 24.4. The van der Waals surface area contributed by atoms with Gasteiger partial charge in [-0.15, -0.1) is 0 Å². The van der Waals surface area contributed by atoms with Gasteiger partial charge in [-0.05, 0) is 12.8 Å². The lowest BCUT2D eigenvalue weighted by Crippen LogP contribution is -2.28. The lowest BCUT2D eigenvalue weighted by Gasteiger charge is -2.20. The highest BCUT2D eigenvalue weighted by atomic mass is 31.2. The molecule has 0 rings (SSSR count). The Hall–Kier alpha value is -0.500. The van der Waals surface area contributed by atoms with Gasteiger partial charge in [0.15, 0.2) is 0 Å². The molecule has 0 heterocycles. The number of hydrogen-bond acceptors (Lipinski definition) is 7. The van der Waals surface area contributed by atoms with Crippen LogP contribution in [-0.2, 0) is 27.9 Å². The van der Waals surface area contributed by atoms with E-state index in [1.807, 2.05) is 0 Å². The maximum absolute atomic E-state index is 12.5. The van der Waals surface area contributed by atoms with E-state index >= 15 is 0 Å². The van der Waals surface area contributed by atoms with E-state index in [1.165, 1.54) is 167 Å². The predicted molar refractivity (Wildman–Crippen MR) is 211 cm³/mol. The standard InChI is InChI=1S/C41H84NO7P/c1-3-5-7-9-11-13-14-15-16-17-18-19-20-21-22-23-24-25-26-27-29-31-33-36-46-38-40(39-48-50(44,45)47-37-35-42)49-41(43)34-32-30-28-12-10-8-6-4-2/h40H,3-39,42H2,1-2H3,(H,44,45). The Labute approximate surface area is 310 Å². The number of phosphoric acid groups is 1. The van der Waals surface area contributed by atoms with E-state index in [-0.39, 0.29) is 32.3 Å². The summed E-state index contributed by atoms with van der Waals surface area (Å²) in [5.41, 5.74) is 5.35. The number of carbonyl (C=O) groups excluding carboxylic acids is 1. The molecule has 0 aliphatic rings. The smallest absolute Gasteiger partial charge is 0.457 e. The Morgan fingerprint density at radius 2 is 0.880 bits per heavy atom. The third-order valence-electron chi connectivity index (χ3n) is 9.52. The Bertz CT molecular complexity index is 742. The molecule has 0 aliphatic heterocycles. The number of rotatable bonds is 42. The van der Waals surface area contributed by atoms with Crippen LogP contribution in [0.1, 0.15) is 219 Å². The first-order valence-corrected chi connectivity index (χ1v) is 23.0. The molecule has 0 fully saturated rings. The monoisotopic (exact) mass is 734 g/mol. The summed E-state index contributed by atoms with van der Waals surface area (Å²) in [6.45, 7) is 4.94. The van der Waals surface area contributed by atoms with Gasteiger partial charge in [0, 0.05) is 19.6 Å². The van der Waals surface area contributed by atoms with Crippen LogP contribution < -0.4 is 5.73 Å². The number of esters is 1. The SMILES string of the molecule is CCCCCCCCCCCCCCCCCCCCCCCCCOCC(COP(=O)(O)OCCN)OC(=O)CCCCCCCCCC. The van der Waals surface area contributed by atoms with E-state index < -0.39 is 13.9 Å². The summed E-state index contributed by atoms with van der Waals surface area (Å²) in [4.78, 5) is 22.3. The van der Waals surface area contributed by atoms with Gasteiger partial charge in [-0.2, -0.15) is 0 Å². The number of phosphoric ester groups is 1. The summed E-state index contributed by atoms with van der Waals surface area (Å²) in [6.07, 6.45) is 40.0. The Balaban J connectivity index is 3.80. The van der Waals surface area contributed by atoms with E-state index in [9.17, 15) is 14.3 Å². The zero-order chi connectivity index (χ0) is 36.6. The molecule has 0 saturated carbocycles. The van der Waals surface area contributed by atoms with Gasteiger partial charge in [-0.3, -0.25) is 13.8 Å². The van der Waals surface area contributed by atoms with Crippen molar-refractivity contribution in [3.05, 3.63) is 0 Å². The van der Waals surface area contributed by atoms with Crippen molar-refractivity contribution in [1.82, 2.24) is 0 Å². The van der Waals surface area contributed by atoms with Crippen LogP contribution in [0.4, 0.5) is 0 Å². The molecule has 50 heavy (non-hydrogen) atoms. The van der Waals surface area contributed by atoms with Gasteiger partial charge < -0.3 is 20.1 Å². The lowest BCUT2D eigenvalue weighted by molar-refractivity contribution is -0.154. The summed E-state index contributed by atoms with van der Waals surface area (Å²) in [6, 6.07) is 0. The van der Waals surface area contributed by atoms with Gasteiger partial charge in [0.2, 0.25) is 0 Å². The number of unbranched alkanes of at least 4 members (excludes halogenated alkanes) is 29. The molecular weight excluding hydrogens is 649 g/mol. The average molecular weight is 734 g/mol. The van der Waals surface area contributed by atoms with Crippen molar-refractivity contribution in [3.63, 3.8) is 0 Å². The molecular formula is C41H84NO7P. The fourth-order valence-corrected chi connectivity index (χ4v) is 7.12. The molecule has 0 aromatic rings.